The summed E-state index contributed by atoms with van der Waals surface area (Å²) >= 11 is 0. The number of allylic oxidation sites excluding steroid dienone is 2. The molecule has 1 aliphatic carbocycles. The van der Waals surface area contributed by atoms with Crippen LogP contribution < -0.4 is 0 Å². The van der Waals surface area contributed by atoms with Crippen LogP contribution in [0.25, 0.3) is 0 Å². The first-order valence-corrected chi connectivity index (χ1v) is 5.22. The molecule has 2 bridgehead atoms. The molecule has 0 saturated carbocycles. The fourth-order valence-corrected chi connectivity index (χ4v) is 2.12. The van der Waals surface area contributed by atoms with Crippen molar-refractivity contribution in [3.05, 3.63) is 24.3 Å². The zero-order valence-corrected chi connectivity index (χ0v) is 8.73. The molecule has 3 aliphatic rings. The van der Waals surface area contributed by atoms with Crippen LogP contribution in [0.15, 0.2) is 24.3 Å². The van der Waals surface area contributed by atoms with Gasteiger partial charge in [0, 0.05) is 11.5 Å². The Balaban J connectivity index is 2.35. The number of carbonyl (C=O) groups is 2. The molecule has 0 radical (unpaired) electrons. The lowest BCUT2D eigenvalue weighted by Gasteiger charge is -2.22. The molecule has 15 heavy (non-hydrogen) atoms. The van der Waals surface area contributed by atoms with Gasteiger partial charge >= 0.3 is 11.9 Å². The number of fused-ring (bicyclic) bond motifs is 5. The smallest absolute Gasteiger partial charge is 0.341 e. The fourth-order valence-electron chi connectivity index (χ4n) is 2.12. The van der Waals surface area contributed by atoms with Crippen molar-refractivity contribution in [1.82, 2.24) is 0 Å². The van der Waals surface area contributed by atoms with Crippen molar-refractivity contribution in [1.29, 1.82) is 0 Å². The van der Waals surface area contributed by atoms with Gasteiger partial charge in [-0.3, -0.25) is 4.79 Å². The van der Waals surface area contributed by atoms with Gasteiger partial charge in [-0.05, 0) is 18.8 Å². The van der Waals surface area contributed by atoms with Crippen LogP contribution in [-0.4, -0.2) is 11.9 Å². The molecule has 1 saturated heterocycles. The molecule has 2 heterocycles. The van der Waals surface area contributed by atoms with E-state index in [2.05, 4.69) is 6.58 Å². The Hall–Kier alpha value is -1.38. The summed E-state index contributed by atoms with van der Waals surface area (Å²) in [5, 5.41) is 0. The minimum atomic E-state index is -0.566. The van der Waals surface area contributed by atoms with E-state index in [1.807, 2.05) is 12.2 Å². The number of esters is 2. The first-order valence-electron chi connectivity index (χ1n) is 5.22. The summed E-state index contributed by atoms with van der Waals surface area (Å²) in [5.74, 6) is -0.987. The molecule has 0 aromatic carbocycles. The lowest BCUT2D eigenvalue weighted by Crippen LogP contribution is -2.23. The van der Waals surface area contributed by atoms with Crippen LogP contribution in [0, 0.1) is 17.8 Å². The van der Waals surface area contributed by atoms with Crippen molar-refractivity contribution in [2.75, 3.05) is 0 Å². The molecule has 0 aromatic rings. The van der Waals surface area contributed by atoms with E-state index >= 15 is 0 Å². The second-order valence-corrected chi connectivity index (χ2v) is 4.26. The van der Waals surface area contributed by atoms with Gasteiger partial charge in [0.05, 0.1) is 5.92 Å². The van der Waals surface area contributed by atoms with Crippen molar-refractivity contribution >= 4 is 11.9 Å². The lowest BCUT2D eigenvalue weighted by atomic mass is 9.80. The van der Waals surface area contributed by atoms with Crippen molar-refractivity contribution in [3.63, 3.8) is 0 Å². The zero-order valence-electron chi connectivity index (χ0n) is 8.73. The maximum Gasteiger partial charge on any atom is 0.341 e. The number of hydrogen-bond acceptors (Lipinski definition) is 3. The van der Waals surface area contributed by atoms with Crippen LogP contribution >= 0.6 is 0 Å². The van der Waals surface area contributed by atoms with E-state index in [-0.39, 0.29) is 17.8 Å². The number of carbonyl (C=O) groups excluding carboxylic acids is 2. The fraction of sp³-hybridized carbons (Fsp3) is 0.500. The molecule has 0 N–H and O–H groups in total. The summed E-state index contributed by atoms with van der Waals surface area (Å²) in [4.78, 5) is 23.0. The van der Waals surface area contributed by atoms with E-state index in [0.29, 0.717) is 5.57 Å². The van der Waals surface area contributed by atoms with Crippen LogP contribution in [0.3, 0.4) is 0 Å². The third-order valence-electron chi connectivity index (χ3n) is 3.32. The Bertz CT molecular complexity index is 354. The molecule has 3 heteroatoms. The maximum atomic E-state index is 11.5. The van der Waals surface area contributed by atoms with Gasteiger partial charge in [0.25, 0.3) is 0 Å². The first-order chi connectivity index (χ1) is 7.09. The Kier molecular flexibility index (Phi) is 2.47. The molecular formula is C12H14O3. The SMILES string of the molecule is C=C1C(=O)OC(=O)C(C)C2C=CC1CC2. The van der Waals surface area contributed by atoms with Crippen molar-refractivity contribution in [3.8, 4) is 0 Å². The summed E-state index contributed by atoms with van der Waals surface area (Å²) in [5.41, 5.74) is 0.396. The normalized spacial score (nSPS) is 35.8. The van der Waals surface area contributed by atoms with Crippen LogP contribution in [-0.2, 0) is 14.3 Å². The average Bonchev–Trinajstić information content (AvgIpc) is 2.31. The summed E-state index contributed by atoms with van der Waals surface area (Å²) in [6.07, 6.45) is 5.80. The van der Waals surface area contributed by atoms with Gasteiger partial charge in [0.1, 0.15) is 0 Å². The van der Waals surface area contributed by atoms with Gasteiger partial charge in [-0.2, -0.15) is 0 Å². The number of hydrogen-bond donors (Lipinski definition) is 0. The molecule has 3 rings (SSSR count). The molecule has 3 unspecified atom stereocenters. The van der Waals surface area contributed by atoms with Crippen LogP contribution in [0.5, 0.6) is 0 Å². The van der Waals surface area contributed by atoms with Crippen LogP contribution in [0.2, 0.25) is 0 Å². The van der Waals surface area contributed by atoms with Crippen molar-refractivity contribution < 1.29 is 14.3 Å². The average molecular weight is 206 g/mol. The third-order valence-corrected chi connectivity index (χ3v) is 3.32. The van der Waals surface area contributed by atoms with Gasteiger partial charge in [0.2, 0.25) is 0 Å². The summed E-state index contributed by atoms with van der Waals surface area (Å²) in [6.45, 7) is 5.50. The number of rotatable bonds is 0. The lowest BCUT2D eigenvalue weighted by molar-refractivity contribution is -0.160. The predicted molar refractivity (Wildman–Crippen MR) is 54.8 cm³/mol. The molecular weight excluding hydrogens is 192 g/mol. The highest BCUT2D eigenvalue weighted by Gasteiger charge is 2.33. The van der Waals surface area contributed by atoms with E-state index in [4.69, 9.17) is 4.74 Å². The molecule has 3 atom stereocenters. The van der Waals surface area contributed by atoms with Gasteiger partial charge < -0.3 is 4.74 Å². The van der Waals surface area contributed by atoms with Crippen LogP contribution in [0.1, 0.15) is 19.8 Å². The van der Waals surface area contributed by atoms with Crippen LogP contribution in [0.4, 0.5) is 0 Å². The Morgan fingerprint density at radius 2 is 2.07 bits per heavy atom. The van der Waals surface area contributed by atoms with Gasteiger partial charge in [0.15, 0.2) is 0 Å². The highest BCUT2D eigenvalue weighted by Crippen LogP contribution is 2.33. The minimum absolute atomic E-state index is 0.0480. The van der Waals surface area contributed by atoms with Gasteiger partial charge in [-0.1, -0.05) is 25.7 Å². The largest absolute Gasteiger partial charge is 0.389 e. The number of ether oxygens (including phenoxy) is 1. The minimum Gasteiger partial charge on any atom is -0.389 e. The molecule has 0 aromatic heterocycles. The van der Waals surface area contributed by atoms with E-state index in [1.54, 1.807) is 6.92 Å². The Morgan fingerprint density at radius 3 is 2.67 bits per heavy atom. The summed E-state index contributed by atoms with van der Waals surface area (Å²) in [6, 6.07) is 0. The third kappa shape index (κ3) is 1.74. The zero-order chi connectivity index (χ0) is 11.0. The topological polar surface area (TPSA) is 43.4 Å². The molecule has 80 valence electrons. The van der Waals surface area contributed by atoms with E-state index < -0.39 is 11.9 Å². The second-order valence-electron chi connectivity index (χ2n) is 4.26. The van der Waals surface area contributed by atoms with Gasteiger partial charge in [-0.25, -0.2) is 4.79 Å². The van der Waals surface area contributed by atoms with E-state index in [9.17, 15) is 9.59 Å². The Morgan fingerprint density at radius 1 is 1.33 bits per heavy atom. The van der Waals surface area contributed by atoms with Gasteiger partial charge in [-0.15, -0.1) is 0 Å². The molecule has 0 amide bonds. The van der Waals surface area contributed by atoms with Crippen molar-refractivity contribution in [2.24, 2.45) is 17.8 Å². The highest BCUT2D eigenvalue weighted by molar-refractivity contribution is 5.97. The molecule has 2 aliphatic heterocycles. The Labute approximate surface area is 88.8 Å². The van der Waals surface area contributed by atoms with Crippen molar-refractivity contribution in [2.45, 2.75) is 19.8 Å². The molecule has 0 spiro atoms. The monoisotopic (exact) mass is 206 g/mol. The first kappa shape index (κ1) is 10.1. The summed E-state index contributed by atoms with van der Waals surface area (Å²) < 4.78 is 4.76. The standard InChI is InChI=1S/C12H14O3/c1-7-9-3-5-10(6-4-9)8(2)12(14)15-11(7)13/h3,5,8-10H,1,4,6H2,2H3. The second kappa shape index (κ2) is 3.65. The quantitative estimate of drug-likeness (QED) is 0.263. The molecule has 3 nitrogen and oxygen atoms in total. The highest BCUT2D eigenvalue weighted by atomic mass is 16.6. The van der Waals surface area contributed by atoms with E-state index in [1.165, 1.54) is 0 Å². The maximum absolute atomic E-state index is 11.5. The summed E-state index contributed by atoms with van der Waals surface area (Å²) in [7, 11) is 0. The molecule has 1 fully saturated rings. The predicted octanol–water partition coefficient (Wildman–Crippen LogP) is 1.84. The van der Waals surface area contributed by atoms with E-state index in [0.717, 1.165) is 12.8 Å².